The number of aryl methyl sites for hydroxylation is 1. The maximum atomic E-state index is 5.82. The van der Waals surface area contributed by atoms with Crippen molar-refractivity contribution in [3.8, 4) is 0 Å². The van der Waals surface area contributed by atoms with Gasteiger partial charge >= 0.3 is 0 Å². The maximum absolute atomic E-state index is 5.82. The Morgan fingerprint density at radius 3 is 3.00 bits per heavy atom. The van der Waals surface area contributed by atoms with Gasteiger partial charge in [0.1, 0.15) is 0 Å². The predicted octanol–water partition coefficient (Wildman–Crippen LogP) is 4.64. The molecule has 3 heteroatoms. The minimum absolute atomic E-state index is 0.426. The van der Waals surface area contributed by atoms with Crippen molar-refractivity contribution in [1.29, 1.82) is 0 Å². The minimum Gasteiger partial charge on any atom is -0.367 e. The number of anilines is 1. The molecule has 1 aliphatic heterocycles. The molecule has 2 rings (SSSR count). The Morgan fingerprint density at radius 1 is 1.48 bits per heavy atom. The Balaban J connectivity index is 2.16. The molecule has 0 spiro atoms. The van der Waals surface area contributed by atoms with E-state index in [1.54, 1.807) is 5.54 Å². The summed E-state index contributed by atoms with van der Waals surface area (Å²) in [5, 5.41) is 3.57. The third kappa shape index (κ3) is 4.24. The number of hydrogen-bond acceptors (Lipinski definition) is 2. The van der Waals surface area contributed by atoms with Crippen molar-refractivity contribution < 1.29 is 0 Å². The summed E-state index contributed by atoms with van der Waals surface area (Å²) in [4.78, 5) is 2.45. The SMILES string of the molecule is CCCNC(C)c1ccc2c(c1)CCCN2C/C(C)=C/Cl. The third-order valence-electron chi connectivity index (χ3n) is 4.15. The van der Waals surface area contributed by atoms with Crippen LogP contribution in [0.4, 0.5) is 5.69 Å². The van der Waals surface area contributed by atoms with Crippen molar-refractivity contribution in [3.63, 3.8) is 0 Å². The summed E-state index contributed by atoms with van der Waals surface area (Å²) >= 11 is 5.82. The Kier molecular flexibility index (Phi) is 6.13. The van der Waals surface area contributed by atoms with E-state index in [0.717, 1.165) is 19.6 Å². The van der Waals surface area contributed by atoms with Gasteiger partial charge in [-0.05, 0) is 62.4 Å². The van der Waals surface area contributed by atoms with E-state index in [1.807, 2.05) is 0 Å². The lowest BCUT2D eigenvalue weighted by atomic mass is 9.96. The van der Waals surface area contributed by atoms with E-state index in [-0.39, 0.29) is 0 Å². The molecular formula is C18H27ClN2. The monoisotopic (exact) mass is 306 g/mol. The lowest BCUT2D eigenvalue weighted by molar-refractivity contribution is 0.569. The minimum atomic E-state index is 0.426. The van der Waals surface area contributed by atoms with E-state index in [4.69, 9.17) is 11.6 Å². The van der Waals surface area contributed by atoms with Crippen molar-refractivity contribution in [2.24, 2.45) is 0 Å². The molecule has 2 nitrogen and oxygen atoms in total. The average molecular weight is 307 g/mol. The zero-order chi connectivity index (χ0) is 15.2. The average Bonchev–Trinajstić information content (AvgIpc) is 2.52. The number of hydrogen-bond donors (Lipinski definition) is 1. The molecule has 1 aromatic carbocycles. The summed E-state index contributed by atoms with van der Waals surface area (Å²) in [7, 11) is 0. The van der Waals surface area contributed by atoms with E-state index >= 15 is 0 Å². The lowest BCUT2D eigenvalue weighted by Crippen LogP contribution is -2.31. The van der Waals surface area contributed by atoms with Crippen LogP contribution in [-0.2, 0) is 6.42 Å². The molecule has 1 aliphatic rings. The second-order valence-electron chi connectivity index (χ2n) is 6.04. The van der Waals surface area contributed by atoms with Crippen LogP contribution in [0.25, 0.3) is 0 Å². The number of rotatable bonds is 6. The van der Waals surface area contributed by atoms with Crippen LogP contribution in [0.15, 0.2) is 29.3 Å². The van der Waals surface area contributed by atoms with Crippen molar-refractivity contribution in [3.05, 3.63) is 40.4 Å². The van der Waals surface area contributed by atoms with E-state index in [1.165, 1.54) is 41.6 Å². The normalized spacial score (nSPS) is 16.8. The number of fused-ring (bicyclic) bond motifs is 1. The fraction of sp³-hybridized carbons (Fsp3) is 0.556. The first kappa shape index (κ1) is 16.4. The fourth-order valence-corrected chi connectivity index (χ4v) is 3.01. The molecule has 1 aromatic rings. The van der Waals surface area contributed by atoms with Crippen molar-refractivity contribution in [2.75, 3.05) is 24.5 Å². The molecule has 0 radical (unpaired) electrons. The molecule has 0 saturated heterocycles. The summed E-state index contributed by atoms with van der Waals surface area (Å²) < 4.78 is 0. The first-order valence-corrected chi connectivity index (χ1v) is 8.46. The van der Waals surface area contributed by atoms with Gasteiger partial charge in [0.25, 0.3) is 0 Å². The molecule has 0 aliphatic carbocycles. The van der Waals surface area contributed by atoms with Crippen LogP contribution in [0.3, 0.4) is 0 Å². The predicted molar refractivity (Wildman–Crippen MR) is 93.3 cm³/mol. The lowest BCUT2D eigenvalue weighted by Gasteiger charge is -2.32. The molecule has 0 saturated carbocycles. The summed E-state index contributed by atoms with van der Waals surface area (Å²) in [6, 6.07) is 7.36. The van der Waals surface area contributed by atoms with Crippen LogP contribution in [-0.4, -0.2) is 19.6 Å². The second-order valence-corrected chi connectivity index (χ2v) is 6.26. The second kappa shape index (κ2) is 7.86. The van der Waals surface area contributed by atoms with Crippen molar-refractivity contribution >= 4 is 17.3 Å². The topological polar surface area (TPSA) is 15.3 Å². The van der Waals surface area contributed by atoms with Crippen molar-refractivity contribution in [1.82, 2.24) is 5.32 Å². The summed E-state index contributed by atoms with van der Waals surface area (Å²) in [6.45, 7) is 9.67. The van der Waals surface area contributed by atoms with Crippen LogP contribution in [0.5, 0.6) is 0 Å². The van der Waals surface area contributed by atoms with Gasteiger partial charge in [-0.25, -0.2) is 0 Å². The summed E-state index contributed by atoms with van der Waals surface area (Å²) in [5.41, 5.74) is 7.16. The van der Waals surface area contributed by atoms with Gasteiger partial charge < -0.3 is 10.2 Å². The van der Waals surface area contributed by atoms with Gasteiger partial charge in [-0.2, -0.15) is 0 Å². The first-order chi connectivity index (χ1) is 10.2. The van der Waals surface area contributed by atoms with Gasteiger partial charge in [0.05, 0.1) is 0 Å². The molecule has 1 N–H and O–H groups in total. The highest BCUT2D eigenvalue weighted by atomic mass is 35.5. The fourth-order valence-electron chi connectivity index (χ4n) is 2.94. The summed E-state index contributed by atoms with van der Waals surface area (Å²) in [5.74, 6) is 0. The highest BCUT2D eigenvalue weighted by Gasteiger charge is 2.18. The van der Waals surface area contributed by atoms with E-state index in [0.29, 0.717) is 6.04 Å². The molecule has 116 valence electrons. The number of nitrogens with one attached hydrogen (secondary N) is 1. The van der Waals surface area contributed by atoms with Crippen LogP contribution in [0.2, 0.25) is 0 Å². The molecule has 0 fully saturated rings. The molecular weight excluding hydrogens is 280 g/mol. The van der Waals surface area contributed by atoms with Crippen LogP contribution < -0.4 is 10.2 Å². The largest absolute Gasteiger partial charge is 0.367 e. The molecule has 21 heavy (non-hydrogen) atoms. The van der Waals surface area contributed by atoms with Crippen LogP contribution in [0, 0.1) is 0 Å². The highest BCUT2D eigenvalue weighted by molar-refractivity contribution is 6.25. The Labute approximate surface area is 134 Å². The molecule has 1 atom stereocenters. The Morgan fingerprint density at radius 2 is 2.29 bits per heavy atom. The number of halogens is 1. The van der Waals surface area contributed by atoms with E-state index in [2.05, 4.69) is 49.2 Å². The van der Waals surface area contributed by atoms with Gasteiger partial charge in [0, 0.05) is 30.4 Å². The molecule has 0 amide bonds. The number of benzene rings is 1. The standard InChI is InChI=1S/C18H27ClN2/c1-4-9-20-15(3)16-7-8-18-17(11-16)6-5-10-21(18)13-14(2)12-19/h7-8,11-12,15,20H,4-6,9-10,13H2,1-3H3/b14-12+. The zero-order valence-electron chi connectivity index (χ0n) is 13.5. The summed E-state index contributed by atoms with van der Waals surface area (Å²) in [6.07, 6.45) is 3.58. The molecule has 1 heterocycles. The first-order valence-electron chi connectivity index (χ1n) is 8.02. The van der Waals surface area contributed by atoms with Crippen LogP contribution >= 0.6 is 11.6 Å². The van der Waals surface area contributed by atoms with Gasteiger partial charge in [0.15, 0.2) is 0 Å². The van der Waals surface area contributed by atoms with Crippen molar-refractivity contribution in [2.45, 2.75) is 46.1 Å². The van der Waals surface area contributed by atoms with Gasteiger partial charge in [-0.15, -0.1) is 0 Å². The molecule has 0 aromatic heterocycles. The Bertz CT molecular complexity index is 496. The molecule has 1 unspecified atom stereocenters. The third-order valence-corrected chi connectivity index (χ3v) is 4.52. The van der Waals surface area contributed by atoms with Gasteiger partial charge in [-0.3, -0.25) is 0 Å². The van der Waals surface area contributed by atoms with E-state index < -0.39 is 0 Å². The van der Waals surface area contributed by atoms with Crippen LogP contribution in [0.1, 0.15) is 50.8 Å². The van der Waals surface area contributed by atoms with E-state index in [9.17, 15) is 0 Å². The quantitative estimate of drug-likeness (QED) is 0.823. The zero-order valence-corrected chi connectivity index (χ0v) is 14.2. The van der Waals surface area contributed by atoms with Gasteiger partial charge in [0.2, 0.25) is 0 Å². The highest BCUT2D eigenvalue weighted by Crippen LogP contribution is 2.30. The smallest absolute Gasteiger partial charge is 0.0401 e. The molecule has 0 bridgehead atoms. The number of nitrogens with zero attached hydrogens (tertiary/aromatic N) is 1. The Hall–Kier alpha value is -0.990. The van der Waals surface area contributed by atoms with Gasteiger partial charge in [-0.1, -0.05) is 30.7 Å². The maximum Gasteiger partial charge on any atom is 0.0401 e.